The molecule has 2 aromatic carbocycles. The highest BCUT2D eigenvalue weighted by Gasteiger charge is 2.07. The Hall–Kier alpha value is -2.07. The van der Waals surface area contributed by atoms with Crippen LogP contribution in [-0.2, 0) is 13.2 Å². The molecule has 0 heterocycles. The molecule has 0 bridgehead atoms. The van der Waals surface area contributed by atoms with Gasteiger partial charge in [-0.25, -0.2) is 4.39 Å². The third-order valence-electron chi connectivity index (χ3n) is 2.98. The zero-order valence-corrected chi connectivity index (χ0v) is 11.7. The van der Waals surface area contributed by atoms with Gasteiger partial charge in [0, 0.05) is 5.56 Å². The van der Waals surface area contributed by atoms with Crippen molar-refractivity contribution >= 4 is 0 Å². The fraction of sp³-hybridized carbons (Fsp3) is 0.250. The molecule has 0 saturated carbocycles. The van der Waals surface area contributed by atoms with Crippen LogP contribution in [-0.4, -0.2) is 14.2 Å². The molecule has 0 spiro atoms. The average molecular weight is 276 g/mol. The Balaban J connectivity index is 2.06. The Morgan fingerprint density at radius 2 is 1.70 bits per heavy atom. The minimum absolute atomic E-state index is 0.244. The van der Waals surface area contributed by atoms with E-state index in [-0.39, 0.29) is 5.82 Å². The van der Waals surface area contributed by atoms with Crippen molar-refractivity contribution in [3.05, 3.63) is 59.4 Å². The smallest absolute Gasteiger partial charge is 0.161 e. The van der Waals surface area contributed by atoms with Crippen molar-refractivity contribution in [1.29, 1.82) is 0 Å². The lowest BCUT2D eigenvalue weighted by Gasteiger charge is -2.11. The highest BCUT2D eigenvalue weighted by Crippen LogP contribution is 2.28. The molecule has 20 heavy (non-hydrogen) atoms. The van der Waals surface area contributed by atoms with Gasteiger partial charge in [0.25, 0.3) is 0 Å². The van der Waals surface area contributed by atoms with Crippen LogP contribution in [0.25, 0.3) is 0 Å². The van der Waals surface area contributed by atoms with Crippen molar-refractivity contribution in [3.63, 3.8) is 0 Å². The predicted molar refractivity (Wildman–Crippen MR) is 75.3 cm³/mol. The van der Waals surface area contributed by atoms with Gasteiger partial charge < -0.3 is 14.8 Å². The zero-order valence-electron chi connectivity index (χ0n) is 11.7. The molecule has 2 N–H and O–H groups in total. The lowest BCUT2D eigenvalue weighted by atomic mass is 10.2. The molecule has 0 amide bonds. The molecule has 0 fully saturated rings. The summed E-state index contributed by atoms with van der Waals surface area (Å²) in [5.41, 5.74) is 2.10. The van der Waals surface area contributed by atoms with Crippen LogP contribution in [0.2, 0.25) is 0 Å². The van der Waals surface area contributed by atoms with Gasteiger partial charge in [-0.1, -0.05) is 12.1 Å². The summed E-state index contributed by atoms with van der Waals surface area (Å²) in [6.45, 7) is 1.28. The van der Waals surface area contributed by atoms with Crippen molar-refractivity contribution in [1.82, 2.24) is 0 Å². The molecule has 2 aromatic rings. The van der Waals surface area contributed by atoms with Crippen molar-refractivity contribution in [3.8, 4) is 11.5 Å². The van der Waals surface area contributed by atoms with Gasteiger partial charge in [0.2, 0.25) is 0 Å². The SMILES string of the molecule is C[NH2+]Cc1ccc(OCc2ccc(F)cc2)c(OC)c1. The number of hydrogen-bond acceptors (Lipinski definition) is 2. The molecule has 3 nitrogen and oxygen atoms in total. The van der Waals surface area contributed by atoms with Gasteiger partial charge in [-0.15, -0.1) is 0 Å². The van der Waals surface area contributed by atoms with E-state index in [0.717, 1.165) is 12.1 Å². The largest absolute Gasteiger partial charge is 0.493 e. The number of halogens is 1. The lowest BCUT2D eigenvalue weighted by molar-refractivity contribution is -0.643. The molecule has 0 radical (unpaired) electrons. The Morgan fingerprint density at radius 1 is 1.00 bits per heavy atom. The van der Waals surface area contributed by atoms with E-state index in [1.165, 1.54) is 17.7 Å². The van der Waals surface area contributed by atoms with E-state index in [1.54, 1.807) is 19.2 Å². The molecule has 0 aliphatic carbocycles. The maximum atomic E-state index is 12.8. The summed E-state index contributed by atoms with van der Waals surface area (Å²) in [6, 6.07) is 12.2. The minimum Gasteiger partial charge on any atom is -0.493 e. The van der Waals surface area contributed by atoms with E-state index in [2.05, 4.69) is 5.32 Å². The zero-order chi connectivity index (χ0) is 14.4. The van der Waals surface area contributed by atoms with E-state index < -0.39 is 0 Å². The topological polar surface area (TPSA) is 35.1 Å². The summed E-state index contributed by atoms with van der Waals surface area (Å²) >= 11 is 0. The Labute approximate surface area is 118 Å². The van der Waals surface area contributed by atoms with Crippen molar-refractivity contribution in [2.24, 2.45) is 0 Å². The summed E-state index contributed by atoms with van der Waals surface area (Å²) in [7, 11) is 3.64. The molecule has 106 valence electrons. The highest BCUT2D eigenvalue weighted by atomic mass is 19.1. The first-order valence-corrected chi connectivity index (χ1v) is 6.55. The van der Waals surface area contributed by atoms with Gasteiger partial charge in [-0.2, -0.15) is 0 Å². The van der Waals surface area contributed by atoms with Gasteiger partial charge in [0.05, 0.1) is 14.2 Å². The average Bonchev–Trinajstić information content (AvgIpc) is 2.47. The molecule has 2 rings (SSSR count). The van der Waals surface area contributed by atoms with Crippen LogP contribution < -0.4 is 14.8 Å². The molecule has 0 aliphatic heterocycles. The van der Waals surface area contributed by atoms with Crippen LogP contribution in [0.1, 0.15) is 11.1 Å². The number of quaternary nitrogens is 1. The Morgan fingerprint density at radius 3 is 2.35 bits per heavy atom. The first-order chi connectivity index (χ1) is 9.72. The van der Waals surface area contributed by atoms with Crippen LogP contribution in [0.5, 0.6) is 11.5 Å². The van der Waals surface area contributed by atoms with Gasteiger partial charge in [0.15, 0.2) is 11.5 Å². The second kappa shape index (κ2) is 6.91. The quantitative estimate of drug-likeness (QED) is 0.877. The summed E-state index contributed by atoms with van der Waals surface area (Å²) in [5.74, 6) is 1.16. The van der Waals surface area contributed by atoms with Crippen LogP contribution >= 0.6 is 0 Å². The molecular weight excluding hydrogens is 257 g/mol. The number of benzene rings is 2. The fourth-order valence-electron chi connectivity index (χ4n) is 1.94. The van der Waals surface area contributed by atoms with E-state index in [4.69, 9.17) is 9.47 Å². The third-order valence-corrected chi connectivity index (χ3v) is 2.98. The second-order valence-corrected chi connectivity index (χ2v) is 4.51. The molecule has 0 aromatic heterocycles. The molecule has 0 atom stereocenters. The fourth-order valence-corrected chi connectivity index (χ4v) is 1.94. The number of methoxy groups -OCH3 is 1. The van der Waals surface area contributed by atoms with Gasteiger partial charge in [-0.05, 0) is 35.9 Å². The maximum absolute atomic E-state index is 12.8. The van der Waals surface area contributed by atoms with Gasteiger partial charge in [0.1, 0.15) is 19.0 Å². The summed E-state index contributed by atoms with van der Waals surface area (Å²) < 4.78 is 23.9. The van der Waals surface area contributed by atoms with Crippen molar-refractivity contribution in [2.45, 2.75) is 13.2 Å². The first kappa shape index (κ1) is 14.3. The highest BCUT2D eigenvalue weighted by molar-refractivity contribution is 5.42. The molecule has 0 saturated heterocycles. The maximum Gasteiger partial charge on any atom is 0.161 e. The molecule has 0 aliphatic rings. The Bertz CT molecular complexity index is 555. The van der Waals surface area contributed by atoms with E-state index in [0.29, 0.717) is 18.1 Å². The van der Waals surface area contributed by atoms with E-state index in [1.807, 2.05) is 25.2 Å². The van der Waals surface area contributed by atoms with E-state index in [9.17, 15) is 4.39 Å². The number of ether oxygens (including phenoxy) is 2. The minimum atomic E-state index is -0.244. The third kappa shape index (κ3) is 3.71. The first-order valence-electron chi connectivity index (χ1n) is 6.55. The number of hydrogen-bond donors (Lipinski definition) is 1. The normalized spacial score (nSPS) is 10.3. The summed E-state index contributed by atoms with van der Waals surface area (Å²) in [6.07, 6.45) is 0. The molecule has 0 unspecified atom stereocenters. The summed E-state index contributed by atoms with van der Waals surface area (Å²) in [5, 5.41) is 2.09. The monoisotopic (exact) mass is 276 g/mol. The molecule has 4 heteroatoms. The second-order valence-electron chi connectivity index (χ2n) is 4.51. The lowest BCUT2D eigenvalue weighted by Crippen LogP contribution is -2.77. The van der Waals surface area contributed by atoms with Crippen LogP contribution in [0.15, 0.2) is 42.5 Å². The van der Waals surface area contributed by atoms with Crippen LogP contribution in [0.4, 0.5) is 4.39 Å². The van der Waals surface area contributed by atoms with Crippen molar-refractivity contribution < 1.29 is 19.2 Å². The van der Waals surface area contributed by atoms with E-state index >= 15 is 0 Å². The summed E-state index contributed by atoms with van der Waals surface area (Å²) in [4.78, 5) is 0. The predicted octanol–water partition coefficient (Wildman–Crippen LogP) is 2.11. The van der Waals surface area contributed by atoms with Crippen molar-refractivity contribution in [2.75, 3.05) is 14.2 Å². The number of nitrogens with two attached hydrogens (primary N) is 1. The number of rotatable bonds is 6. The van der Waals surface area contributed by atoms with Crippen LogP contribution in [0.3, 0.4) is 0 Å². The molecular formula is C16H19FNO2+. The Kier molecular flexibility index (Phi) is 4.96. The van der Waals surface area contributed by atoms with Crippen LogP contribution in [0, 0.1) is 5.82 Å². The van der Waals surface area contributed by atoms with Gasteiger partial charge in [-0.3, -0.25) is 0 Å². The van der Waals surface area contributed by atoms with Gasteiger partial charge >= 0.3 is 0 Å². The standard InChI is InChI=1S/C16H18FNO2/c1-18-10-13-5-8-15(16(9-13)19-2)20-11-12-3-6-14(17)7-4-12/h3-9,18H,10-11H2,1-2H3/p+1.